The summed E-state index contributed by atoms with van der Waals surface area (Å²) in [5.74, 6) is -0.345. The van der Waals surface area contributed by atoms with Crippen molar-refractivity contribution in [2.24, 2.45) is 0 Å². The molecule has 1 amide bonds. The van der Waals surface area contributed by atoms with Crippen LogP contribution in [-0.4, -0.2) is 19.0 Å². The first-order chi connectivity index (χ1) is 8.15. The van der Waals surface area contributed by atoms with Gasteiger partial charge in [-0.25, -0.2) is 4.39 Å². The Hall–Kier alpha value is -1.13. The Bertz CT molecular complexity index is 365. The predicted octanol–water partition coefficient (Wildman–Crippen LogP) is 2.09. The lowest BCUT2D eigenvalue weighted by molar-refractivity contribution is -0.120. The van der Waals surface area contributed by atoms with Crippen molar-refractivity contribution in [1.29, 1.82) is 0 Å². The van der Waals surface area contributed by atoms with Crippen LogP contribution < -0.4 is 10.6 Å². The maximum absolute atomic E-state index is 13.4. The van der Waals surface area contributed by atoms with Crippen molar-refractivity contribution >= 4 is 17.5 Å². The third-order valence-electron chi connectivity index (χ3n) is 2.27. The minimum atomic E-state index is -0.331. The second-order valence-corrected chi connectivity index (χ2v) is 3.99. The topological polar surface area (TPSA) is 41.1 Å². The molecule has 0 saturated carbocycles. The molecule has 94 valence electrons. The molecule has 0 saturated heterocycles. The molecule has 3 nitrogen and oxygen atoms in total. The van der Waals surface area contributed by atoms with E-state index in [-0.39, 0.29) is 11.7 Å². The highest BCUT2D eigenvalue weighted by Gasteiger charge is 2.06. The van der Waals surface area contributed by atoms with Crippen LogP contribution in [0.15, 0.2) is 18.2 Å². The molecule has 0 radical (unpaired) electrons. The number of hydrogen-bond acceptors (Lipinski definition) is 2. The summed E-state index contributed by atoms with van der Waals surface area (Å²) in [4.78, 5) is 11.1. The number of nitrogens with one attached hydrogen (secondary N) is 2. The molecule has 0 atom stereocenters. The van der Waals surface area contributed by atoms with Crippen molar-refractivity contribution in [3.63, 3.8) is 0 Å². The van der Waals surface area contributed by atoms with Crippen molar-refractivity contribution < 1.29 is 9.18 Å². The largest absolute Gasteiger partial charge is 0.356 e. The molecule has 17 heavy (non-hydrogen) atoms. The molecule has 0 aromatic heterocycles. The normalized spacial score (nSPS) is 10.3. The Morgan fingerprint density at radius 1 is 1.47 bits per heavy atom. The molecule has 0 aliphatic rings. The zero-order chi connectivity index (χ0) is 12.7. The van der Waals surface area contributed by atoms with Crippen molar-refractivity contribution in [2.75, 3.05) is 13.1 Å². The Morgan fingerprint density at radius 2 is 2.24 bits per heavy atom. The summed E-state index contributed by atoms with van der Waals surface area (Å²) in [6.07, 6.45) is 0.375. The number of amides is 1. The summed E-state index contributed by atoms with van der Waals surface area (Å²) >= 11 is 5.86. The maximum Gasteiger partial charge on any atom is 0.221 e. The number of rotatable bonds is 6. The molecule has 5 heteroatoms. The lowest BCUT2D eigenvalue weighted by Gasteiger charge is -2.07. The molecule has 1 aromatic carbocycles. The van der Waals surface area contributed by atoms with Gasteiger partial charge in [0.05, 0.1) is 0 Å². The summed E-state index contributed by atoms with van der Waals surface area (Å²) in [6, 6.07) is 4.58. The van der Waals surface area contributed by atoms with Crippen LogP contribution in [0.1, 0.15) is 18.9 Å². The van der Waals surface area contributed by atoms with E-state index in [1.54, 1.807) is 12.1 Å². The smallest absolute Gasteiger partial charge is 0.221 e. The van der Waals surface area contributed by atoms with Crippen LogP contribution in [0.25, 0.3) is 0 Å². The van der Waals surface area contributed by atoms with E-state index in [0.29, 0.717) is 36.6 Å². The van der Waals surface area contributed by atoms with Gasteiger partial charge in [-0.05, 0) is 19.1 Å². The van der Waals surface area contributed by atoms with Gasteiger partial charge in [0, 0.05) is 36.6 Å². The van der Waals surface area contributed by atoms with Crippen LogP contribution in [0.5, 0.6) is 0 Å². The van der Waals surface area contributed by atoms with Crippen LogP contribution >= 0.6 is 11.6 Å². The molecule has 1 rings (SSSR count). The highest BCUT2D eigenvalue weighted by Crippen LogP contribution is 2.18. The first-order valence-electron chi connectivity index (χ1n) is 5.55. The number of hydrogen-bond donors (Lipinski definition) is 2. The molecule has 0 fully saturated rings. The molecule has 0 spiro atoms. The average Bonchev–Trinajstić information content (AvgIpc) is 2.28. The Kier molecular flexibility index (Phi) is 5.94. The summed E-state index contributed by atoms with van der Waals surface area (Å²) in [5, 5.41) is 6.07. The minimum Gasteiger partial charge on any atom is -0.356 e. The average molecular weight is 259 g/mol. The number of carbonyl (C=O) groups is 1. The van der Waals surface area contributed by atoms with E-state index >= 15 is 0 Å². The molecule has 0 heterocycles. The third kappa shape index (κ3) is 4.71. The standard InChI is InChI=1S/C12H16ClFN2O/c1-2-16-12(17)6-7-15-8-9-10(13)4-3-5-11(9)14/h3-5,15H,2,6-8H2,1H3,(H,16,17). The number of benzene rings is 1. The zero-order valence-electron chi connectivity index (χ0n) is 9.72. The van der Waals surface area contributed by atoms with Gasteiger partial charge in [0.25, 0.3) is 0 Å². The fraction of sp³-hybridized carbons (Fsp3) is 0.417. The summed E-state index contributed by atoms with van der Waals surface area (Å²) in [5.41, 5.74) is 0.435. The first-order valence-corrected chi connectivity index (χ1v) is 5.93. The Balaban J connectivity index is 2.34. The van der Waals surface area contributed by atoms with Gasteiger partial charge in [-0.3, -0.25) is 4.79 Å². The monoisotopic (exact) mass is 258 g/mol. The minimum absolute atomic E-state index is 0.0142. The molecule has 1 aromatic rings. The maximum atomic E-state index is 13.4. The van der Waals surface area contributed by atoms with Gasteiger partial charge in [-0.1, -0.05) is 17.7 Å². The van der Waals surface area contributed by atoms with Gasteiger partial charge in [0.1, 0.15) is 5.82 Å². The summed E-state index contributed by atoms with van der Waals surface area (Å²) < 4.78 is 13.4. The van der Waals surface area contributed by atoms with Crippen LogP contribution in [0.2, 0.25) is 5.02 Å². The highest BCUT2D eigenvalue weighted by molar-refractivity contribution is 6.31. The van der Waals surface area contributed by atoms with E-state index in [0.717, 1.165) is 0 Å². The van der Waals surface area contributed by atoms with Gasteiger partial charge in [-0.15, -0.1) is 0 Å². The fourth-order valence-electron chi connectivity index (χ4n) is 1.40. The summed E-state index contributed by atoms with van der Waals surface area (Å²) in [6.45, 7) is 3.31. The van der Waals surface area contributed by atoms with E-state index in [1.165, 1.54) is 6.07 Å². The molecule has 0 unspecified atom stereocenters. The molecule has 0 aliphatic carbocycles. The highest BCUT2D eigenvalue weighted by atomic mass is 35.5. The molecule has 0 aliphatic heterocycles. The van der Waals surface area contributed by atoms with Gasteiger partial charge < -0.3 is 10.6 Å². The van der Waals surface area contributed by atoms with Crippen LogP contribution in [-0.2, 0) is 11.3 Å². The van der Waals surface area contributed by atoms with Gasteiger partial charge in [0.2, 0.25) is 5.91 Å². The van der Waals surface area contributed by atoms with Crippen molar-refractivity contribution in [3.8, 4) is 0 Å². The van der Waals surface area contributed by atoms with Gasteiger partial charge in [0.15, 0.2) is 0 Å². The Morgan fingerprint density at radius 3 is 2.88 bits per heavy atom. The number of halogens is 2. The van der Waals surface area contributed by atoms with Gasteiger partial charge in [-0.2, -0.15) is 0 Å². The Labute approximate surface area is 105 Å². The molecule has 0 bridgehead atoms. The van der Waals surface area contributed by atoms with E-state index in [4.69, 9.17) is 11.6 Å². The van der Waals surface area contributed by atoms with Crippen LogP contribution in [0.3, 0.4) is 0 Å². The van der Waals surface area contributed by atoms with E-state index in [1.807, 2.05) is 6.92 Å². The summed E-state index contributed by atoms with van der Waals surface area (Å²) in [7, 11) is 0. The van der Waals surface area contributed by atoms with E-state index in [2.05, 4.69) is 10.6 Å². The predicted molar refractivity (Wildman–Crippen MR) is 66.4 cm³/mol. The molecule has 2 N–H and O–H groups in total. The van der Waals surface area contributed by atoms with Crippen molar-refractivity contribution in [1.82, 2.24) is 10.6 Å². The second-order valence-electron chi connectivity index (χ2n) is 3.58. The first kappa shape index (κ1) is 13.9. The fourth-order valence-corrected chi connectivity index (χ4v) is 1.63. The van der Waals surface area contributed by atoms with E-state index in [9.17, 15) is 9.18 Å². The quantitative estimate of drug-likeness (QED) is 0.768. The van der Waals surface area contributed by atoms with Crippen molar-refractivity contribution in [2.45, 2.75) is 19.9 Å². The van der Waals surface area contributed by atoms with Crippen molar-refractivity contribution in [3.05, 3.63) is 34.6 Å². The van der Waals surface area contributed by atoms with E-state index < -0.39 is 0 Å². The molecular weight excluding hydrogens is 243 g/mol. The van der Waals surface area contributed by atoms with Gasteiger partial charge >= 0.3 is 0 Å². The lowest BCUT2D eigenvalue weighted by atomic mass is 10.2. The number of carbonyl (C=O) groups excluding carboxylic acids is 1. The molecular formula is C12H16ClFN2O. The zero-order valence-corrected chi connectivity index (χ0v) is 10.5. The third-order valence-corrected chi connectivity index (χ3v) is 2.62. The van der Waals surface area contributed by atoms with Crippen LogP contribution in [0.4, 0.5) is 4.39 Å². The lowest BCUT2D eigenvalue weighted by Crippen LogP contribution is -2.27. The SMILES string of the molecule is CCNC(=O)CCNCc1c(F)cccc1Cl. The van der Waals surface area contributed by atoms with Crippen LogP contribution in [0, 0.1) is 5.82 Å². The second kappa shape index (κ2) is 7.25.